The number of carbonyl (C=O) groups is 1. The number of aryl methyl sites for hydroxylation is 1. The highest BCUT2D eigenvalue weighted by Gasteiger charge is 2.27. The molecule has 0 spiro atoms. The van der Waals surface area contributed by atoms with Crippen LogP contribution in [0.2, 0.25) is 0 Å². The van der Waals surface area contributed by atoms with Gasteiger partial charge < -0.3 is 15.8 Å². The summed E-state index contributed by atoms with van der Waals surface area (Å²) in [5.74, 6) is -0.191. The smallest absolute Gasteiger partial charge is 0.234 e. The molecule has 3 N–H and O–H groups in total. The van der Waals surface area contributed by atoms with Gasteiger partial charge in [-0.2, -0.15) is 0 Å². The van der Waals surface area contributed by atoms with E-state index in [0.717, 1.165) is 12.8 Å². The second-order valence-corrected chi connectivity index (χ2v) is 4.94. The summed E-state index contributed by atoms with van der Waals surface area (Å²) < 4.78 is 18.7. The number of hydrogen-bond acceptors (Lipinski definition) is 3. The number of ether oxygens (including phenoxy) is 1. The van der Waals surface area contributed by atoms with Gasteiger partial charge in [0.05, 0.1) is 12.6 Å². The van der Waals surface area contributed by atoms with Crippen molar-refractivity contribution in [3.8, 4) is 5.75 Å². The van der Waals surface area contributed by atoms with Crippen molar-refractivity contribution in [2.75, 3.05) is 6.61 Å². The lowest BCUT2D eigenvalue weighted by Crippen LogP contribution is -2.43. The Morgan fingerprint density at radius 3 is 2.89 bits per heavy atom. The maximum absolute atomic E-state index is 13.3. The SMILES string of the molecule is Cc1ccc(OCCC(NC2CC2)C(N)=O)cc1F. The quantitative estimate of drug-likeness (QED) is 0.786. The van der Waals surface area contributed by atoms with Gasteiger partial charge in [-0.25, -0.2) is 4.39 Å². The summed E-state index contributed by atoms with van der Waals surface area (Å²) in [6.45, 7) is 2.03. The topological polar surface area (TPSA) is 64.3 Å². The summed E-state index contributed by atoms with van der Waals surface area (Å²) in [6, 6.07) is 4.77. The van der Waals surface area contributed by atoms with E-state index in [1.165, 1.54) is 6.07 Å². The summed E-state index contributed by atoms with van der Waals surface area (Å²) in [6.07, 6.45) is 2.67. The van der Waals surface area contributed by atoms with Crippen molar-refractivity contribution in [3.63, 3.8) is 0 Å². The maximum atomic E-state index is 13.3. The van der Waals surface area contributed by atoms with Gasteiger partial charge in [0, 0.05) is 18.5 Å². The van der Waals surface area contributed by atoms with Crippen molar-refractivity contribution in [2.24, 2.45) is 5.73 Å². The monoisotopic (exact) mass is 266 g/mol. The van der Waals surface area contributed by atoms with Crippen molar-refractivity contribution in [1.29, 1.82) is 0 Å². The zero-order valence-electron chi connectivity index (χ0n) is 11.0. The van der Waals surface area contributed by atoms with Crippen LogP contribution < -0.4 is 15.8 Å². The number of nitrogens with two attached hydrogens (primary N) is 1. The van der Waals surface area contributed by atoms with Gasteiger partial charge in [-0.1, -0.05) is 6.07 Å². The molecule has 1 aromatic rings. The van der Waals surface area contributed by atoms with Crippen LogP contribution >= 0.6 is 0 Å². The molecule has 1 saturated carbocycles. The molecule has 19 heavy (non-hydrogen) atoms. The number of benzene rings is 1. The first kappa shape index (κ1) is 13.8. The molecule has 1 aliphatic carbocycles. The van der Waals surface area contributed by atoms with E-state index >= 15 is 0 Å². The average molecular weight is 266 g/mol. The number of amides is 1. The number of primary amides is 1. The number of hydrogen-bond donors (Lipinski definition) is 2. The molecule has 4 nitrogen and oxygen atoms in total. The van der Waals surface area contributed by atoms with E-state index in [1.54, 1.807) is 19.1 Å². The zero-order valence-corrected chi connectivity index (χ0v) is 11.0. The molecule has 1 aliphatic rings. The predicted molar refractivity (Wildman–Crippen MR) is 70.4 cm³/mol. The van der Waals surface area contributed by atoms with Crippen LogP contribution in [0, 0.1) is 12.7 Å². The minimum absolute atomic E-state index is 0.292. The Morgan fingerprint density at radius 1 is 1.58 bits per heavy atom. The second kappa shape index (κ2) is 6.02. The second-order valence-electron chi connectivity index (χ2n) is 4.94. The molecule has 0 heterocycles. The van der Waals surface area contributed by atoms with E-state index in [1.807, 2.05) is 0 Å². The van der Waals surface area contributed by atoms with Gasteiger partial charge in [-0.05, 0) is 31.4 Å². The fourth-order valence-corrected chi connectivity index (χ4v) is 1.80. The predicted octanol–water partition coefficient (Wildman–Crippen LogP) is 1.51. The molecule has 1 unspecified atom stereocenters. The van der Waals surface area contributed by atoms with E-state index in [-0.39, 0.29) is 17.8 Å². The lowest BCUT2D eigenvalue weighted by molar-refractivity contribution is -0.120. The molecule has 0 aliphatic heterocycles. The fraction of sp³-hybridized carbons (Fsp3) is 0.500. The molecule has 1 aromatic carbocycles. The molecule has 0 aromatic heterocycles. The molecule has 0 bridgehead atoms. The van der Waals surface area contributed by atoms with Crippen molar-refractivity contribution in [3.05, 3.63) is 29.6 Å². The van der Waals surface area contributed by atoms with Crippen molar-refractivity contribution in [2.45, 2.75) is 38.3 Å². The van der Waals surface area contributed by atoms with Gasteiger partial charge in [0.2, 0.25) is 5.91 Å². The normalized spacial score (nSPS) is 16.1. The summed E-state index contributed by atoms with van der Waals surface area (Å²) >= 11 is 0. The van der Waals surface area contributed by atoms with Crippen LogP contribution in [0.1, 0.15) is 24.8 Å². The van der Waals surface area contributed by atoms with Crippen LogP contribution in [0.15, 0.2) is 18.2 Å². The first-order valence-corrected chi connectivity index (χ1v) is 6.50. The van der Waals surface area contributed by atoms with Crippen LogP contribution in [-0.4, -0.2) is 24.6 Å². The van der Waals surface area contributed by atoms with Crippen LogP contribution in [-0.2, 0) is 4.79 Å². The number of nitrogens with one attached hydrogen (secondary N) is 1. The highest BCUT2D eigenvalue weighted by Crippen LogP contribution is 2.20. The molecule has 104 valence electrons. The number of halogens is 1. The molecular weight excluding hydrogens is 247 g/mol. The summed E-state index contributed by atoms with van der Waals surface area (Å²) in [5.41, 5.74) is 5.90. The largest absolute Gasteiger partial charge is 0.493 e. The average Bonchev–Trinajstić information content (AvgIpc) is 3.16. The van der Waals surface area contributed by atoms with E-state index in [2.05, 4.69) is 5.32 Å². The third-order valence-corrected chi connectivity index (χ3v) is 3.18. The molecular formula is C14H19FN2O2. The minimum atomic E-state index is -0.372. The van der Waals surface area contributed by atoms with E-state index < -0.39 is 0 Å². The van der Waals surface area contributed by atoms with Crippen LogP contribution in [0.25, 0.3) is 0 Å². The van der Waals surface area contributed by atoms with Gasteiger partial charge in [-0.15, -0.1) is 0 Å². The van der Waals surface area contributed by atoms with Gasteiger partial charge in [0.1, 0.15) is 11.6 Å². The Hall–Kier alpha value is -1.62. The molecule has 5 heteroatoms. The van der Waals surface area contributed by atoms with Gasteiger partial charge >= 0.3 is 0 Å². The Labute approximate surface area is 112 Å². The first-order valence-electron chi connectivity index (χ1n) is 6.50. The summed E-state index contributed by atoms with van der Waals surface area (Å²) in [5, 5.41) is 3.17. The van der Waals surface area contributed by atoms with Crippen molar-refractivity contribution < 1.29 is 13.9 Å². The third-order valence-electron chi connectivity index (χ3n) is 3.18. The van der Waals surface area contributed by atoms with Gasteiger partial charge in [0.15, 0.2) is 0 Å². The lowest BCUT2D eigenvalue weighted by Gasteiger charge is -2.15. The minimum Gasteiger partial charge on any atom is -0.493 e. The van der Waals surface area contributed by atoms with Crippen LogP contribution in [0.4, 0.5) is 4.39 Å². The number of carbonyl (C=O) groups excluding carboxylic acids is 1. The zero-order chi connectivity index (χ0) is 13.8. The van der Waals surface area contributed by atoms with Crippen LogP contribution in [0.3, 0.4) is 0 Å². The van der Waals surface area contributed by atoms with E-state index in [4.69, 9.17) is 10.5 Å². The Balaban J connectivity index is 1.80. The molecule has 0 radical (unpaired) electrons. The van der Waals surface area contributed by atoms with E-state index in [0.29, 0.717) is 30.4 Å². The Kier molecular flexibility index (Phi) is 4.37. The van der Waals surface area contributed by atoms with Crippen molar-refractivity contribution >= 4 is 5.91 Å². The highest BCUT2D eigenvalue weighted by atomic mass is 19.1. The Morgan fingerprint density at radius 2 is 2.32 bits per heavy atom. The fourth-order valence-electron chi connectivity index (χ4n) is 1.80. The van der Waals surface area contributed by atoms with E-state index in [9.17, 15) is 9.18 Å². The molecule has 2 rings (SSSR count). The van der Waals surface area contributed by atoms with Crippen molar-refractivity contribution in [1.82, 2.24) is 5.32 Å². The number of rotatable bonds is 7. The Bertz CT molecular complexity index is 461. The summed E-state index contributed by atoms with van der Waals surface area (Å²) in [4.78, 5) is 11.2. The maximum Gasteiger partial charge on any atom is 0.234 e. The van der Waals surface area contributed by atoms with Gasteiger partial charge in [0.25, 0.3) is 0 Å². The van der Waals surface area contributed by atoms with Gasteiger partial charge in [-0.3, -0.25) is 4.79 Å². The third kappa shape index (κ3) is 4.21. The lowest BCUT2D eigenvalue weighted by atomic mass is 10.2. The standard InChI is InChI=1S/C14H19FN2O2/c1-9-2-5-11(8-12(9)15)19-7-6-13(14(16)18)17-10-3-4-10/h2,5,8,10,13,17H,3-4,6-7H2,1H3,(H2,16,18). The molecule has 1 amide bonds. The first-order chi connectivity index (χ1) is 9.06. The summed E-state index contributed by atoms with van der Waals surface area (Å²) in [7, 11) is 0. The molecule has 1 fully saturated rings. The molecule has 0 saturated heterocycles. The molecule has 1 atom stereocenters. The van der Waals surface area contributed by atoms with Crippen LogP contribution in [0.5, 0.6) is 5.75 Å². The highest BCUT2D eigenvalue weighted by molar-refractivity contribution is 5.79.